The van der Waals surface area contributed by atoms with Gasteiger partial charge in [0, 0.05) is 12.1 Å². The molecule has 0 fully saturated rings. The largest absolute Gasteiger partial charge is 0.508 e. The molecule has 0 saturated carbocycles. The number of ether oxygens (including phenoxy) is 8. The molecule has 2 rings (SSSR count). The highest BCUT2D eigenvalue weighted by atomic mass is 16.6. The summed E-state index contributed by atoms with van der Waals surface area (Å²) in [5, 5.41) is 119. The van der Waals surface area contributed by atoms with E-state index in [0.29, 0.717) is 0 Å². The molecule has 28 heteroatoms. The molecule has 0 atom stereocenters. The minimum Gasteiger partial charge on any atom is -0.508 e. The third-order valence-corrected chi connectivity index (χ3v) is 12.2. The second kappa shape index (κ2) is 27.9. The van der Waals surface area contributed by atoms with Crippen molar-refractivity contribution in [2.75, 3.05) is 106 Å². The van der Waals surface area contributed by atoms with Crippen molar-refractivity contribution < 1.29 is 138 Å². The minimum absolute atomic E-state index is 0.518. The van der Waals surface area contributed by atoms with Gasteiger partial charge in [-0.2, -0.15) is 0 Å². The number of esters is 8. The summed E-state index contributed by atoms with van der Waals surface area (Å²) in [5.74, 6) is -13.4. The number of rotatable bonds is 32. The number of phenols is 4. The zero-order chi connectivity index (χ0) is 58.8. The average molecular weight is 1110 g/mol. The second-order valence-corrected chi connectivity index (χ2v) is 20.2. The van der Waals surface area contributed by atoms with Gasteiger partial charge < -0.3 is 99.2 Å². The molecule has 2 aromatic rings. The highest BCUT2D eigenvalue weighted by molar-refractivity contribution is 5.91. The summed E-state index contributed by atoms with van der Waals surface area (Å²) in [4.78, 5) is 108. The monoisotopic (exact) mass is 1100 g/mol. The smallest absolute Gasteiger partial charge is 0.338 e. The van der Waals surface area contributed by atoms with Crippen LogP contribution in [0.25, 0.3) is 0 Å². The van der Waals surface area contributed by atoms with Gasteiger partial charge in [0.1, 0.15) is 114 Å². The predicted molar refractivity (Wildman–Crippen MR) is 254 cm³/mol. The van der Waals surface area contributed by atoms with Gasteiger partial charge in [-0.25, -0.2) is 9.59 Å². The van der Waals surface area contributed by atoms with E-state index < -0.39 is 225 Å². The summed E-state index contributed by atoms with van der Waals surface area (Å²) in [5.41, 5.74) is -16.0. The van der Waals surface area contributed by atoms with Gasteiger partial charge >= 0.3 is 47.8 Å². The fourth-order valence-corrected chi connectivity index (χ4v) is 5.70. The Balaban J connectivity index is 2.90. The molecule has 0 heterocycles. The van der Waals surface area contributed by atoms with Crippen LogP contribution >= 0.6 is 0 Å². The fraction of sp³-hybridized carbons (Fsp3) is 0.592. The lowest BCUT2D eigenvalue weighted by Gasteiger charge is -2.35. The Bertz CT molecular complexity index is 2110. The van der Waals surface area contributed by atoms with Crippen molar-refractivity contribution in [1.29, 1.82) is 0 Å². The Morgan fingerprint density at radius 2 is 0.481 bits per heavy atom. The Morgan fingerprint density at radius 1 is 0.299 bits per heavy atom. The van der Waals surface area contributed by atoms with Gasteiger partial charge in [-0.05, 0) is 65.8 Å². The lowest BCUT2D eigenvalue weighted by Crippen LogP contribution is -2.49. The van der Waals surface area contributed by atoms with Crippen LogP contribution in [0.2, 0.25) is 0 Å². The number of aliphatic hydroxyl groups excluding tert-OH is 8. The summed E-state index contributed by atoms with van der Waals surface area (Å²) in [7, 11) is 0. The normalized spacial score (nSPS) is 12.4. The maximum absolute atomic E-state index is 14.4. The van der Waals surface area contributed by atoms with Gasteiger partial charge in [-0.1, -0.05) is 0 Å². The zero-order valence-corrected chi connectivity index (χ0v) is 43.2. The van der Waals surface area contributed by atoms with Crippen molar-refractivity contribution in [3.8, 4) is 23.0 Å². The molecule has 432 valence electrons. The van der Waals surface area contributed by atoms with Gasteiger partial charge in [0.25, 0.3) is 0 Å². The summed E-state index contributed by atoms with van der Waals surface area (Å²) >= 11 is 0. The number of benzene rings is 2. The quantitative estimate of drug-likeness (QED) is 0.0272. The molecular formula is C49H68O28. The molecule has 0 aliphatic heterocycles. The van der Waals surface area contributed by atoms with Crippen LogP contribution in [0.4, 0.5) is 0 Å². The van der Waals surface area contributed by atoms with E-state index in [1.807, 2.05) is 0 Å². The van der Waals surface area contributed by atoms with E-state index in [-0.39, 0.29) is 0 Å². The van der Waals surface area contributed by atoms with E-state index in [1.165, 1.54) is 0 Å². The van der Waals surface area contributed by atoms with Crippen molar-refractivity contribution >= 4 is 47.8 Å². The predicted octanol–water partition coefficient (Wildman–Crippen LogP) is -2.26. The summed E-state index contributed by atoms with van der Waals surface area (Å²) in [6.07, 6.45) is 0. The van der Waals surface area contributed by atoms with Crippen molar-refractivity contribution in [3.63, 3.8) is 0 Å². The number of aromatic hydroxyl groups is 4. The molecule has 0 radical (unpaired) electrons. The van der Waals surface area contributed by atoms with Crippen molar-refractivity contribution in [1.82, 2.24) is 0 Å². The molecule has 0 aromatic heterocycles. The van der Waals surface area contributed by atoms with E-state index in [4.69, 9.17) is 37.9 Å². The van der Waals surface area contributed by atoms with E-state index in [9.17, 15) is 99.6 Å². The van der Waals surface area contributed by atoms with E-state index in [0.717, 1.165) is 77.9 Å². The van der Waals surface area contributed by atoms with Gasteiger partial charge in [0.15, 0.2) is 0 Å². The highest BCUT2D eigenvalue weighted by Gasteiger charge is 2.48. The van der Waals surface area contributed by atoms with Crippen molar-refractivity contribution in [3.05, 3.63) is 47.5 Å². The first-order valence-corrected chi connectivity index (χ1v) is 23.1. The number of hydrogen-bond donors (Lipinski definition) is 12. The Morgan fingerprint density at radius 3 is 0.688 bits per heavy atom. The summed E-state index contributed by atoms with van der Waals surface area (Å²) < 4.78 is 43.4. The fourth-order valence-electron chi connectivity index (χ4n) is 5.70. The van der Waals surface area contributed by atoms with Gasteiger partial charge in [0.05, 0.1) is 64.0 Å². The van der Waals surface area contributed by atoms with Crippen LogP contribution in [-0.2, 0) is 66.7 Å². The van der Waals surface area contributed by atoms with Gasteiger partial charge in [-0.15, -0.1) is 0 Å². The molecule has 12 N–H and O–H groups in total. The zero-order valence-electron chi connectivity index (χ0n) is 43.2. The number of carbonyl (C=O) groups is 8. The summed E-state index contributed by atoms with van der Waals surface area (Å²) in [6, 6.07) is 5.06. The SMILES string of the molecule is CC(CO)(CO)C(=O)OCC(C)(COC(=O)C(C)(CO)CO)C(=O)OCC(COC(=O)c1cc(O)cc(O)c1)(COC(=O)c1cc(O)cc(O)c1)COC(=O)C(C)(COC(=O)C(C)(CO)CO)COC(=O)C(C)(CO)CO. The van der Waals surface area contributed by atoms with Crippen LogP contribution in [0.15, 0.2) is 36.4 Å². The number of hydrogen-bond acceptors (Lipinski definition) is 28. The first-order valence-electron chi connectivity index (χ1n) is 23.1. The minimum atomic E-state index is -2.42. The van der Waals surface area contributed by atoms with E-state index in [1.54, 1.807) is 0 Å². The molecule has 0 spiro atoms. The van der Waals surface area contributed by atoms with Crippen LogP contribution < -0.4 is 0 Å². The maximum Gasteiger partial charge on any atom is 0.338 e. The average Bonchev–Trinajstić information content (AvgIpc) is 3.41. The molecule has 0 aliphatic carbocycles. The highest BCUT2D eigenvalue weighted by Crippen LogP contribution is 2.32. The first kappa shape index (κ1) is 66.2. The number of carbonyl (C=O) groups excluding carboxylic acids is 8. The van der Waals surface area contributed by atoms with Crippen LogP contribution in [0.1, 0.15) is 62.3 Å². The lowest BCUT2D eigenvalue weighted by atomic mass is 9.89. The van der Waals surface area contributed by atoms with E-state index >= 15 is 0 Å². The number of phenolic OH excluding ortho intramolecular Hbond substituents is 4. The molecule has 0 saturated heterocycles. The molecular weight excluding hydrogens is 1040 g/mol. The Hall–Kier alpha value is -6.92. The molecule has 28 nitrogen and oxygen atoms in total. The molecule has 0 amide bonds. The third kappa shape index (κ3) is 17.6. The molecule has 2 aromatic carbocycles. The Kier molecular flexibility index (Phi) is 24.0. The molecule has 0 bridgehead atoms. The van der Waals surface area contributed by atoms with Crippen LogP contribution in [0, 0.1) is 37.9 Å². The molecule has 0 unspecified atom stereocenters. The van der Waals surface area contributed by atoms with E-state index in [2.05, 4.69) is 0 Å². The van der Waals surface area contributed by atoms with Crippen LogP contribution in [0.5, 0.6) is 23.0 Å². The standard InChI is InChI=1S/C49H68O28/c1-43(13-50,14-51)37(64)72-21-47(5,22-73-38(65)44(2,15-52)16-53)41(68)76-27-49(25-70-35(62)29-7-31(58)11-32(59)8-29,26-71-36(63)30-9-33(60)12-34(61)10-30)28-77-42(69)48(6,23-74-39(66)45(3,17-54)18-55)24-75-40(67)46(4,19-56)20-57/h7-12,50-61H,13-28H2,1-6H3. The van der Waals surface area contributed by atoms with Crippen molar-refractivity contribution in [2.24, 2.45) is 37.9 Å². The van der Waals surface area contributed by atoms with Crippen molar-refractivity contribution in [2.45, 2.75) is 41.5 Å². The topological polar surface area (TPSA) is 453 Å². The molecule has 0 aliphatic rings. The molecule has 77 heavy (non-hydrogen) atoms. The lowest BCUT2D eigenvalue weighted by molar-refractivity contribution is -0.184. The van der Waals surface area contributed by atoms with Crippen LogP contribution in [0.3, 0.4) is 0 Å². The first-order chi connectivity index (χ1) is 35.8. The van der Waals surface area contributed by atoms with Gasteiger partial charge in [-0.3, -0.25) is 28.8 Å². The Labute approximate surface area is 440 Å². The van der Waals surface area contributed by atoms with Gasteiger partial charge in [0.2, 0.25) is 0 Å². The second-order valence-electron chi connectivity index (χ2n) is 20.2. The van der Waals surface area contributed by atoms with Crippen LogP contribution in [-0.4, -0.2) is 215 Å². The maximum atomic E-state index is 14.4. The third-order valence-electron chi connectivity index (χ3n) is 12.2. The number of aliphatic hydroxyl groups is 8. The summed E-state index contributed by atoms with van der Waals surface area (Å²) in [6.45, 7) is -10.5.